The molecule has 1 heterocycles. The number of amides is 1. The molecule has 0 radical (unpaired) electrons. The van der Waals surface area contributed by atoms with Gasteiger partial charge in [-0.3, -0.25) is 19.6 Å². The smallest absolute Gasteiger partial charge is 0.269 e. The lowest BCUT2D eigenvalue weighted by Gasteiger charge is -2.06. The molecule has 0 aliphatic carbocycles. The summed E-state index contributed by atoms with van der Waals surface area (Å²) in [6, 6.07) is 5.42. The molecule has 0 saturated heterocycles. The van der Waals surface area contributed by atoms with Crippen molar-refractivity contribution in [2.24, 2.45) is 0 Å². The van der Waals surface area contributed by atoms with Gasteiger partial charge in [-0.15, -0.1) is 0 Å². The van der Waals surface area contributed by atoms with E-state index in [1.54, 1.807) is 11.6 Å². The summed E-state index contributed by atoms with van der Waals surface area (Å²) in [6.07, 6.45) is 0.621. The summed E-state index contributed by atoms with van der Waals surface area (Å²) in [4.78, 5) is 22.0. The quantitative estimate of drug-likeness (QED) is 0.488. The fraction of sp³-hybridized carbons (Fsp3) is 0.286. The topological polar surface area (TPSA) is 90.1 Å². The van der Waals surface area contributed by atoms with E-state index in [4.69, 9.17) is 23.2 Å². The molecule has 0 aliphatic rings. The van der Waals surface area contributed by atoms with Crippen molar-refractivity contribution in [3.8, 4) is 0 Å². The summed E-state index contributed by atoms with van der Waals surface area (Å²) in [7, 11) is 0. The Hall–Kier alpha value is -2.12. The van der Waals surface area contributed by atoms with Crippen LogP contribution in [0.5, 0.6) is 0 Å². The van der Waals surface area contributed by atoms with E-state index in [1.165, 1.54) is 24.3 Å². The number of non-ortho nitro benzene ring substituents is 1. The van der Waals surface area contributed by atoms with Crippen LogP contribution in [0.4, 0.5) is 5.69 Å². The minimum atomic E-state index is -0.511. The maximum atomic E-state index is 11.9. The van der Waals surface area contributed by atoms with E-state index in [1.807, 2.05) is 0 Å². The predicted molar refractivity (Wildman–Crippen MR) is 87.0 cm³/mol. The maximum absolute atomic E-state index is 11.9. The van der Waals surface area contributed by atoms with E-state index >= 15 is 0 Å². The van der Waals surface area contributed by atoms with Crippen molar-refractivity contribution in [1.29, 1.82) is 0 Å². The Balaban J connectivity index is 1.82. The molecular formula is C14H14Cl2N4O3. The number of hydrogen-bond donors (Lipinski definition) is 1. The second-order valence-electron chi connectivity index (χ2n) is 4.83. The third kappa shape index (κ3) is 4.20. The summed E-state index contributed by atoms with van der Waals surface area (Å²) in [5, 5.41) is 18.3. The molecule has 2 aromatic rings. The fourth-order valence-electron chi connectivity index (χ4n) is 1.95. The number of carbonyl (C=O) groups is 1. The van der Waals surface area contributed by atoms with Crippen molar-refractivity contribution < 1.29 is 9.72 Å². The lowest BCUT2D eigenvalue weighted by molar-refractivity contribution is -0.384. The van der Waals surface area contributed by atoms with Crippen LogP contribution < -0.4 is 5.32 Å². The Bertz CT molecular complexity index is 728. The molecule has 0 saturated carbocycles. The van der Waals surface area contributed by atoms with Crippen LogP contribution in [0.3, 0.4) is 0 Å². The zero-order valence-corrected chi connectivity index (χ0v) is 13.8. The Kier molecular flexibility index (Phi) is 5.57. The Morgan fingerprint density at radius 3 is 2.52 bits per heavy atom. The minimum Gasteiger partial charge on any atom is -0.352 e. The van der Waals surface area contributed by atoms with Crippen molar-refractivity contribution in [3.05, 3.63) is 55.8 Å². The van der Waals surface area contributed by atoms with Crippen molar-refractivity contribution in [2.75, 3.05) is 6.54 Å². The third-order valence-electron chi connectivity index (χ3n) is 3.17. The Labute approximate surface area is 142 Å². The molecule has 0 spiro atoms. The van der Waals surface area contributed by atoms with Gasteiger partial charge in [-0.25, -0.2) is 0 Å². The number of nitro groups is 1. The van der Waals surface area contributed by atoms with Crippen LogP contribution in [0, 0.1) is 17.0 Å². The highest BCUT2D eigenvalue weighted by Crippen LogP contribution is 2.24. The van der Waals surface area contributed by atoms with Crippen molar-refractivity contribution in [1.82, 2.24) is 15.1 Å². The van der Waals surface area contributed by atoms with E-state index in [-0.39, 0.29) is 11.6 Å². The van der Waals surface area contributed by atoms with Crippen LogP contribution in [-0.4, -0.2) is 27.2 Å². The SMILES string of the molecule is Cc1nn(CCCNC(=O)c2ccc([N+](=O)[O-])cc2)c(Cl)c1Cl. The minimum absolute atomic E-state index is 0.0536. The molecule has 0 atom stereocenters. The second-order valence-corrected chi connectivity index (χ2v) is 5.56. The summed E-state index contributed by atoms with van der Waals surface area (Å²) >= 11 is 12.0. The highest BCUT2D eigenvalue weighted by molar-refractivity contribution is 6.41. The number of aromatic nitrogens is 2. The molecule has 9 heteroatoms. The zero-order chi connectivity index (χ0) is 17.0. The van der Waals surface area contributed by atoms with E-state index in [0.717, 1.165) is 0 Å². The average molecular weight is 357 g/mol. The Morgan fingerprint density at radius 1 is 1.35 bits per heavy atom. The highest BCUT2D eigenvalue weighted by Gasteiger charge is 2.11. The van der Waals surface area contributed by atoms with E-state index < -0.39 is 4.92 Å². The number of hydrogen-bond acceptors (Lipinski definition) is 4. The standard InChI is InChI=1S/C14H14Cl2N4O3/c1-9-12(15)13(16)19(18-9)8-2-7-17-14(21)10-3-5-11(6-4-10)20(22)23/h3-6H,2,7-8H2,1H3,(H,17,21). The maximum Gasteiger partial charge on any atom is 0.269 e. The molecule has 0 aliphatic heterocycles. The first-order chi connectivity index (χ1) is 10.9. The van der Waals surface area contributed by atoms with E-state index in [0.29, 0.717) is 40.9 Å². The number of carbonyl (C=O) groups excluding carboxylic acids is 1. The largest absolute Gasteiger partial charge is 0.352 e. The Morgan fingerprint density at radius 2 is 2.00 bits per heavy atom. The number of nitro benzene ring substituents is 1. The molecule has 1 aromatic heterocycles. The number of benzene rings is 1. The van der Waals surface area contributed by atoms with Gasteiger partial charge in [0.1, 0.15) is 10.2 Å². The molecule has 0 fully saturated rings. The monoisotopic (exact) mass is 356 g/mol. The van der Waals surface area contributed by atoms with Gasteiger partial charge < -0.3 is 5.32 Å². The summed E-state index contributed by atoms with van der Waals surface area (Å²) in [6.45, 7) is 2.71. The molecular weight excluding hydrogens is 343 g/mol. The first kappa shape index (κ1) is 17.2. The summed E-state index contributed by atoms with van der Waals surface area (Å²) in [5.74, 6) is -0.291. The molecule has 23 heavy (non-hydrogen) atoms. The van der Waals surface area contributed by atoms with Crippen molar-refractivity contribution in [3.63, 3.8) is 0 Å². The van der Waals surface area contributed by atoms with E-state index in [9.17, 15) is 14.9 Å². The van der Waals surface area contributed by atoms with Gasteiger partial charge in [0.15, 0.2) is 0 Å². The molecule has 1 N–H and O–H groups in total. The van der Waals surface area contributed by atoms with Crippen LogP contribution in [0.1, 0.15) is 22.5 Å². The molecule has 1 aromatic carbocycles. The van der Waals surface area contributed by atoms with Crippen LogP contribution in [0.2, 0.25) is 10.2 Å². The lowest BCUT2D eigenvalue weighted by atomic mass is 10.2. The lowest BCUT2D eigenvalue weighted by Crippen LogP contribution is -2.25. The number of aryl methyl sites for hydroxylation is 2. The number of rotatable bonds is 6. The van der Waals surface area contributed by atoms with Gasteiger partial charge in [0.25, 0.3) is 11.6 Å². The van der Waals surface area contributed by atoms with Crippen molar-refractivity contribution >= 4 is 34.8 Å². The number of nitrogens with zero attached hydrogens (tertiary/aromatic N) is 3. The van der Waals surface area contributed by atoms with Crippen molar-refractivity contribution in [2.45, 2.75) is 19.9 Å². The first-order valence-corrected chi connectivity index (χ1v) is 7.57. The van der Waals surface area contributed by atoms with E-state index in [2.05, 4.69) is 10.4 Å². The third-order valence-corrected chi connectivity index (χ3v) is 4.10. The zero-order valence-electron chi connectivity index (χ0n) is 12.3. The summed E-state index contributed by atoms with van der Waals surface area (Å²) in [5.41, 5.74) is 0.973. The van der Waals surface area contributed by atoms with Crippen LogP contribution in [-0.2, 0) is 6.54 Å². The fourth-order valence-corrected chi connectivity index (χ4v) is 2.34. The van der Waals surface area contributed by atoms with Gasteiger partial charge in [0.05, 0.1) is 10.6 Å². The molecule has 7 nitrogen and oxygen atoms in total. The van der Waals surface area contributed by atoms with Gasteiger partial charge >= 0.3 is 0 Å². The normalized spacial score (nSPS) is 10.6. The van der Waals surface area contributed by atoms with Gasteiger partial charge in [-0.2, -0.15) is 5.10 Å². The molecule has 1 amide bonds. The van der Waals surface area contributed by atoms with Crippen LogP contribution >= 0.6 is 23.2 Å². The first-order valence-electron chi connectivity index (χ1n) is 6.81. The van der Waals surface area contributed by atoms with Crippen LogP contribution in [0.15, 0.2) is 24.3 Å². The molecule has 0 bridgehead atoms. The summed E-state index contributed by atoms with van der Waals surface area (Å²) < 4.78 is 1.58. The number of nitrogens with one attached hydrogen (secondary N) is 1. The molecule has 122 valence electrons. The molecule has 0 unspecified atom stereocenters. The van der Waals surface area contributed by atoms with Gasteiger partial charge in [-0.05, 0) is 25.5 Å². The molecule has 2 rings (SSSR count). The van der Waals surface area contributed by atoms with Gasteiger partial charge in [0, 0.05) is 30.8 Å². The highest BCUT2D eigenvalue weighted by atomic mass is 35.5. The van der Waals surface area contributed by atoms with Gasteiger partial charge in [-0.1, -0.05) is 23.2 Å². The average Bonchev–Trinajstić information content (AvgIpc) is 2.78. The second kappa shape index (κ2) is 7.43. The van der Waals surface area contributed by atoms with Gasteiger partial charge in [0.2, 0.25) is 0 Å². The predicted octanol–water partition coefficient (Wildman–Crippen LogP) is 3.23. The van der Waals surface area contributed by atoms with Crippen LogP contribution in [0.25, 0.3) is 0 Å². The number of halogens is 2.